The SMILES string of the molecule is O=C(NCc1cccnc1OCC(F)(F)F)Nc1ccc(-c2ccccc2)cc1. The molecule has 0 unspecified atom stereocenters. The summed E-state index contributed by atoms with van der Waals surface area (Å²) in [5.41, 5.74) is 3.00. The van der Waals surface area contributed by atoms with Gasteiger partial charge in [0.25, 0.3) is 0 Å². The molecule has 0 spiro atoms. The highest BCUT2D eigenvalue weighted by Crippen LogP contribution is 2.22. The Morgan fingerprint density at radius 2 is 1.62 bits per heavy atom. The number of hydrogen-bond donors (Lipinski definition) is 2. The lowest BCUT2D eigenvalue weighted by molar-refractivity contribution is -0.154. The van der Waals surface area contributed by atoms with E-state index >= 15 is 0 Å². The number of urea groups is 1. The van der Waals surface area contributed by atoms with Crippen LogP contribution in [0.4, 0.5) is 23.7 Å². The highest BCUT2D eigenvalue weighted by molar-refractivity contribution is 5.89. The van der Waals surface area contributed by atoms with Crippen LogP contribution in [0.1, 0.15) is 5.56 Å². The zero-order valence-corrected chi connectivity index (χ0v) is 15.2. The number of carbonyl (C=O) groups is 1. The third-order valence-electron chi connectivity index (χ3n) is 3.91. The number of hydrogen-bond acceptors (Lipinski definition) is 3. The zero-order chi connectivity index (χ0) is 20.7. The second kappa shape index (κ2) is 9.09. The summed E-state index contributed by atoms with van der Waals surface area (Å²) < 4.78 is 41.7. The molecule has 0 aliphatic rings. The van der Waals surface area contributed by atoms with Crippen molar-refractivity contribution < 1.29 is 22.7 Å². The van der Waals surface area contributed by atoms with Gasteiger partial charge in [0, 0.05) is 24.0 Å². The Kier molecular flexibility index (Phi) is 6.33. The molecule has 5 nitrogen and oxygen atoms in total. The van der Waals surface area contributed by atoms with Gasteiger partial charge >= 0.3 is 12.2 Å². The molecule has 3 aromatic rings. The van der Waals surface area contributed by atoms with Gasteiger partial charge in [-0.05, 0) is 29.3 Å². The summed E-state index contributed by atoms with van der Waals surface area (Å²) in [7, 11) is 0. The van der Waals surface area contributed by atoms with Crippen molar-refractivity contribution >= 4 is 11.7 Å². The van der Waals surface area contributed by atoms with Crippen LogP contribution in [0.25, 0.3) is 11.1 Å². The first kappa shape index (κ1) is 20.2. The number of halogens is 3. The molecule has 0 fully saturated rings. The van der Waals surface area contributed by atoms with Crippen molar-refractivity contribution in [2.45, 2.75) is 12.7 Å². The molecule has 1 aromatic heterocycles. The van der Waals surface area contributed by atoms with Crippen molar-refractivity contribution in [3.05, 3.63) is 78.5 Å². The molecule has 2 N–H and O–H groups in total. The van der Waals surface area contributed by atoms with Gasteiger partial charge in [0.2, 0.25) is 5.88 Å². The molecule has 29 heavy (non-hydrogen) atoms. The largest absolute Gasteiger partial charge is 0.468 e. The van der Waals surface area contributed by atoms with Crippen LogP contribution in [0.5, 0.6) is 5.88 Å². The van der Waals surface area contributed by atoms with E-state index in [1.54, 1.807) is 18.2 Å². The van der Waals surface area contributed by atoms with E-state index in [2.05, 4.69) is 15.6 Å². The Morgan fingerprint density at radius 1 is 0.931 bits per heavy atom. The first-order valence-corrected chi connectivity index (χ1v) is 8.74. The summed E-state index contributed by atoms with van der Waals surface area (Å²) in [6.45, 7) is -1.48. The fraction of sp³-hybridized carbons (Fsp3) is 0.143. The van der Waals surface area contributed by atoms with Gasteiger partial charge in [-0.3, -0.25) is 0 Å². The molecule has 0 atom stereocenters. The van der Waals surface area contributed by atoms with E-state index in [1.165, 1.54) is 12.3 Å². The van der Waals surface area contributed by atoms with Gasteiger partial charge in [-0.2, -0.15) is 13.2 Å². The van der Waals surface area contributed by atoms with Crippen molar-refractivity contribution in [3.63, 3.8) is 0 Å². The number of benzene rings is 2. The Morgan fingerprint density at radius 3 is 2.31 bits per heavy atom. The minimum atomic E-state index is -4.47. The van der Waals surface area contributed by atoms with Crippen LogP contribution < -0.4 is 15.4 Å². The van der Waals surface area contributed by atoms with Crippen LogP contribution in [-0.2, 0) is 6.54 Å². The third kappa shape index (κ3) is 6.24. The highest BCUT2D eigenvalue weighted by Gasteiger charge is 2.29. The molecule has 0 radical (unpaired) electrons. The maximum Gasteiger partial charge on any atom is 0.422 e. The predicted molar refractivity (Wildman–Crippen MR) is 104 cm³/mol. The molecule has 2 amide bonds. The number of pyridine rings is 1. The van der Waals surface area contributed by atoms with Crippen molar-refractivity contribution in [1.82, 2.24) is 10.3 Å². The zero-order valence-electron chi connectivity index (χ0n) is 15.2. The topological polar surface area (TPSA) is 63.2 Å². The number of amides is 2. The average molecular weight is 401 g/mol. The van der Waals surface area contributed by atoms with Crippen LogP contribution in [0, 0.1) is 0 Å². The summed E-state index contributed by atoms with van der Waals surface area (Å²) in [6, 6.07) is 19.7. The van der Waals surface area contributed by atoms with Gasteiger partial charge in [0.05, 0.1) is 0 Å². The quantitative estimate of drug-likeness (QED) is 0.610. The second-order valence-corrected chi connectivity index (χ2v) is 6.12. The standard InChI is InChI=1S/C21H18F3N3O2/c22-21(23,24)14-29-19-17(7-4-12-25-19)13-26-20(28)27-18-10-8-16(9-11-18)15-5-2-1-3-6-15/h1-12H,13-14H2,(H2,26,27,28). The fourth-order valence-electron chi connectivity index (χ4n) is 2.57. The summed E-state index contributed by atoms with van der Waals surface area (Å²) in [4.78, 5) is 15.9. The highest BCUT2D eigenvalue weighted by atomic mass is 19.4. The van der Waals surface area contributed by atoms with E-state index in [4.69, 9.17) is 4.74 Å². The van der Waals surface area contributed by atoms with Crippen molar-refractivity contribution in [1.29, 1.82) is 0 Å². The van der Waals surface area contributed by atoms with Gasteiger partial charge in [-0.15, -0.1) is 0 Å². The van der Waals surface area contributed by atoms with Crippen LogP contribution >= 0.6 is 0 Å². The molecule has 8 heteroatoms. The van der Waals surface area contributed by atoms with Crippen molar-refractivity contribution in [3.8, 4) is 17.0 Å². The minimum absolute atomic E-state index is 0.0328. The summed E-state index contributed by atoms with van der Waals surface area (Å²) >= 11 is 0. The first-order valence-electron chi connectivity index (χ1n) is 8.74. The van der Waals surface area contributed by atoms with Crippen molar-refractivity contribution in [2.75, 3.05) is 11.9 Å². The molecule has 3 rings (SSSR count). The number of rotatable bonds is 6. The van der Waals surface area contributed by atoms with Crippen LogP contribution in [-0.4, -0.2) is 23.8 Å². The van der Waals surface area contributed by atoms with Gasteiger partial charge in [0.1, 0.15) is 0 Å². The van der Waals surface area contributed by atoms with E-state index in [1.807, 2.05) is 42.5 Å². The maximum absolute atomic E-state index is 12.3. The number of alkyl halides is 3. The lowest BCUT2D eigenvalue weighted by Gasteiger charge is -2.13. The van der Waals surface area contributed by atoms with Crippen molar-refractivity contribution in [2.24, 2.45) is 0 Å². The van der Waals surface area contributed by atoms with E-state index in [-0.39, 0.29) is 12.4 Å². The fourth-order valence-corrected chi connectivity index (χ4v) is 2.57. The number of anilines is 1. The van der Waals surface area contributed by atoms with E-state index in [9.17, 15) is 18.0 Å². The van der Waals surface area contributed by atoms with Gasteiger partial charge < -0.3 is 15.4 Å². The van der Waals surface area contributed by atoms with Gasteiger partial charge in [-0.1, -0.05) is 48.5 Å². The number of nitrogens with zero attached hydrogens (tertiary/aromatic N) is 1. The molecular formula is C21H18F3N3O2. The normalized spacial score (nSPS) is 11.0. The van der Waals surface area contributed by atoms with Crippen LogP contribution in [0.2, 0.25) is 0 Å². The summed E-state index contributed by atoms with van der Waals surface area (Å²) in [5.74, 6) is -0.169. The van der Waals surface area contributed by atoms with Gasteiger partial charge in [-0.25, -0.2) is 9.78 Å². The molecule has 0 bridgehead atoms. The Hall–Kier alpha value is -3.55. The second-order valence-electron chi connectivity index (χ2n) is 6.12. The maximum atomic E-state index is 12.3. The number of nitrogens with one attached hydrogen (secondary N) is 2. The Labute approximate surface area is 165 Å². The number of ether oxygens (including phenoxy) is 1. The summed E-state index contributed by atoms with van der Waals surface area (Å²) in [5, 5.41) is 5.26. The molecule has 1 heterocycles. The van der Waals surface area contributed by atoms with Crippen LogP contribution in [0.3, 0.4) is 0 Å². The monoisotopic (exact) mass is 401 g/mol. The van der Waals surface area contributed by atoms with E-state index in [0.717, 1.165) is 11.1 Å². The Bertz CT molecular complexity index is 945. The van der Waals surface area contributed by atoms with Gasteiger partial charge in [0.15, 0.2) is 6.61 Å². The van der Waals surface area contributed by atoms with Crippen LogP contribution in [0.15, 0.2) is 72.9 Å². The van der Waals surface area contributed by atoms with E-state index < -0.39 is 18.8 Å². The lowest BCUT2D eigenvalue weighted by atomic mass is 10.1. The molecule has 0 saturated heterocycles. The molecule has 0 aliphatic carbocycles. The third-order valence-corrected chi connectivity index (χ3v) is 3.91. The summed E-state index contributed by atoms with van der Waals surface area (Å²) in [6.07, 6.45) is -3.14. The Balaban J connectivity index is 1.55. The smallest absolute Gasteiger partial charge is 0.422 e. The number of carbonyl (C=O) groups excluding carboxylic acids is 1. The number of aromatic nitrogens is 1. The first-order chi connectivity index (χ1) is 13.9. The molecule has 0 saturated carbocycles. The van der Waals surface area contributed by atoms with E-state index in [0.29, 0.717) is 11.3 Å². The molecule has 150 valence electrons. The molecule has 0 aliphatic heterocycles. The predicted octanol–water partition coefficient (Wildman–Crippen LogP) is 5.01. The minimum Gasteiger partial charge on any atom is -0.468 e. The molecule has 2 aromatic carbocycles. The average Bonchev–Trinajstić information content (AvgIpc) is 2.72. The molecular weight excluding hydrogens is 383 g/mol. The lowest BCUT2D eigenvalue weighted by Crippen LogP contribution is -2.28.